The van der Waals surface area contributed by atoms with Crippen LogP contribution in [0.5, 0.6) is 0 Å². The topological polar surface area (TPSA) is 89.5 Å². The maximum atomic E-state index is 12.3. The molecule has 9 heteroatoms. The zero-order valence-electron chi connectivity index (χ0n) is 14.1. The number of ether oxygens (including phenoxy) is 1. The van der Waals surface area contributed by atoms with Gasteiger partial charge in [-0.3, -0.25) is 9.69 Å². The number of hydrogen-bond donors (Lipinski definition) is 0. The molecular weight excluding hydrogens is 324 g/mol. The van der Waals surface area contributed by atoms with Crippen LogP contribution in [-0.4, -0.2) is 74.8 Å². The number of piperazine rings is 1. The van der Waals surface area contributed by atoms with E-state index < -0.39 is 0 Å². The van der Waals surface area contributed by atoms with Crippen LogP contribution >= 0.6 is 0 Å². The van der Waals surface area contributed by atoms with Gasteiger partial charge < -0.3 is 14.1 Å². The SMILES string of the molecule is O=C(c1ccco1)N1CCN(Cc2nnnn2C[C@H]2CCCO2)CC1. The lowest BCUT2D eigenvalue weighted by atomic mass is 10.2. The molecule has 9 nitrogen and oxygen atoms in total. The summed E-state index contributed by atoms with van der Waals surface area (Å²) in [7, 11) is 0. The Morgan fingerprint density at radius 3 is 2.88 bits per heavy atom. The van der Waals surface area contributed by atoms with Gasteiger partial charge in [-0.15, -0.1) is 5.10 Å². The normalized spacial score (nSPS) is 21.8. The molecule has 1 amide bonds. The summed E-state index contributed by atoms with van der Waals surface area (Å²) >= 11 is 0. The summed E-state index contributed by atoms with van der Waals surface area (Å²) in [6.07, 6.45) is 3.91. The van der Waals surface area contributed by atoms with Gasteiger partial charge in [-0.2, -0.15) is 0 Å². The summed E-state index contributed by atoms with van der Waals surface area (Å²) in [6, 6.07) is 3.44. The first-order chi connectivity index (χ1) is 12.3. The minimum absolute atomic E-state index is 0.0483. The van der Waals surface area contributed by atoms with Crippen molar-refractivity contribution in [1.82, 2.24) is 30.0 Å². The molecule has 1 atom stereocenters. The highest BCUT2D eigenvalue weighted by atomic mass is 16.5. The molecule has 2 aliphatic rings. The minimum Gasteiger partial charge on any atom is -0.459 e. The smallest absolute Gasteiger partial charge is 0.289 e. The number of nitrogens with zero attached hydrogens (tertiary/aromatic N) is 6. The van der Waals surface area contributed by atoms with Crippen LogP contribution in [0.25, 0.3) is 0 Å². The van der Waals surface area contributed by atoms with Gasteiger partial charge in [-0.05, 0) is 35.4 Å². The summed E-state index contributed by atoms with van der Waals surface area (Å²) < 4.78 is 12.7. The Labute approximate surface area is 145 Å². The number of hydrogen-bond acceptors (Lipinski definition) is 7. The van der Waals surface area contributed by atoms with E-state index in [1.807, 2.05) is 9.58 Å². The monoisotopic (exact) mass is 346 g/mol. The molecule has 25 heavy (non-hydrogen) atoms. The fourth-order valence-corrected chi connectivity index (χ4v) is 3.32. The molecule has 0 saturated carbocycles. The molecule has 2 saturated heterocycles. The van der Waals surface area contributed by atoms with E-state index in [-0.39, 0.29) is 12.0 Å². The molecule has 2 fully saturated rings. The number of carbonyl (C=O) groups excluding carboxylic acids is 1. The maximum absolute atomic E-state index is 12.3. The first-order valence-electron chi connectivity index (χ1n) is 8.71. The van der Waals surface area contributed by atoms with E-state index in [9.17, 15) is 4.79 Å². The molecule has 0 bridgehead atoms. The summed E-state index contributed by atoms with van der Waals surface area (Å²) in [5, 5.41) is 12.1. The quantitative estimate of drug-likeness (QED) is 0.774. The van der Waals surface area contributed by atoms with Crippen molar-refractivity contribution in [1.29, 1.82) is 0 Å². The molecular formula is C16H22N6O3. The zero-order valence-corrected chi connectivity index (χ0v) is 14.1. The van der Waals surface area contributed by atoms with E-state index >= 15 is 0 Å². The molecule has 0 unspecified atom stereocenters. The Bertz CT molecular complexity index is 687. The predicted molar refractivity (Wildman–Crippen MR) is 86.7 cm³/mol. The minimum atomic E-state index is -0.0483. The molecule has 2 aromatic rings. The third-order valence-electron chi connectivity index (χ3n) is 4.76. The predicted octanol–water partition coefficient (Wildman–Crippen LogP) is 0.403. The van der Waals surface area contributed by atoms with E-state index in [0.29, 0.717) is 31.9 Å². The van der Waals surface area contributed by atoms with Crippen molar-refractivity contribution in [2.24, 2.45) is 0 Å². The second-order valence-corrected chi connectivity index (χ2v) is 6.46. The molecule has 4 rings (SSSR count). The summed E-state index contributed by atoms with van der Waals surface area (Å²) in [5.41, 5.74) is 0. The second-order valence-electron chi connectivity index (χ2n) is 6.46. The molecule has 0 radical (unpaired) electrons. The fraction of sp³-hybridized carbons (Fsp3) is 0.625. The van der Waals surface area contributed by atoms with Crippen molar-refractivity contribution in [2.45, 2.75) is 32.0 Å². The average molecular weight is 346 g/mol. The van der Waals surface area contributed by atoms with Crippen molar-refractivity contribution in [3.8, 4) is 0 Å². The summed E-state index contributed by atoms with van der Waals surface area (Å²) in [6.45, 7) is 5.15. The van der Waals surface area contributed by atoms with Gasteiger partial charge in [0.2, 0.25) is 0 Å². The number of tetrazole rings is 1. The van der Waals surface area contributed by atoms with Crippen molar-refractivity contribution >= 4 is 5.91 Å². The van der Waals surface area contributed by atoms with Crippen molar-refractivity contribution < 1.29 is 13.9 Å². The van der Waals surface area contributed by atoms with E-state index in [1.165, 1.54) is 6.26 Å². The third-order valence-corrected chi connectivity index (χ3v) is 4.76. The average Bonchev–Trinajstić information content (AvgIpc) is 3.39. The largest absolute Gasteiger partial charge is 0.459 e. The first-order valence-corrected chi connectivity index (χ1v) is 8.71. The van der Waals surface area contributed by atoms with Crippen LogP contribution in [0.3, 0.4) is 0 Å². The maximum Gasteiger partial charge on any atom is 0.289 e. The molecule has 2 aromatic heterocycles. The Hall–Kier alpha value is -2.26. The Morgan fingerprint density at radius 1 is 1.28 bits per heavy atom. The van der Waals surface area contributed by atoms with Gasteiger partial charge in [0.05, 0.1) is 25.5 Å². The van der Waals surface area contributed by atoms with Crippen molar-refractivity contribution in [3.63, 3.8) is 0 Å². The highest BCUT2D eigenvalue weighted by Gasteiger charge is 2.25. The van der Waals surface area contributed by atoms with Gasteiger partial charge in [-0.25, -0.2) is 4.68 Å². The lowest BCUT2D eigenvalue weighted by Gasteiger charge is -2.33. The molecule has 4 heterocycles. The van der Waals surface area contributed by atoms with Crippen LogP contribution in [0.2, 0.25) is 0 Å². The van der Waals surface area contributed by atoms with Gasteiger partial charge in [0.1, 0.15) is 0 Å². The van der Waals surface area contributed by atoms with E-state index in [2.05, 4.69) is 20.4 Å². The number of amides is 1. The molecule has 2 aliphatic heterocycles. The number of rotatable bonds is 5. The summed E-state index contributed by atoms with van der Waals surface area (Å²) in [5.74, 6) is 1.20. The lowest BCUT2D eigenvalue weighted by Crippen LogP contribution is -2.48. The molecule has 0 spiro atoms. The van der Waals surface area contributed by atoms with Gasteiger partial charge in [0.15, 0.2) is 11.6 Å². The van der Waals surface area contributed by atoms with Crippen LogP contribution in [0.15, 0.2) is 22.8 Å². The highest BCUT2D eigenvalue weighted by molar-refractivity contribution is 5.91. The van der Waals surface area contributed by atoms with Crippen molar-refractivity contribution in [2.75, 3.05) is 32.8 Å². The number of carbonyl (C=O) groups is 1. The van der Waals surface area contributed by atoms with Crippen molar-refractivity contribution in [3.05, 3.63) is 30.0 Å². The van der Waals surface area contributed by atoms with E-state index in [1.54, 1.807) is 12.1 Å². The first kappa shape index (κ1) is 16.2. The number of aromatic nitrogens is 4. The van der Waals surface area contributed by atoms with Gasteiger partial charge >= 0.3 is 0 Å². The Balaban J connectivity index is 1.30. The van der Waals surface area contributed by atoms with Gasteiger partial charge in [-0.1, -0.05) is 0 Å². The lowest BCUT2D eigenvalue weighted by molar-refractivity contribution is 0.0588. The van der Waals surface area contributed by atoms with Crippen LogP contribution in [0.1, 0.15) is 29.2 Å². The number of furan rings is 1. The van der Waals surface area contributed by atoms with Crippen LogP contribution in [-0.2, 0) is 17.8 Å². The van der Waals surface area contributed by atoms with Crippen LogP contribution in [0.4, 0.5) is 0 Å². The van der Waals surface area contributed by atoms with Gasteiger partial charge in [0.25, 0.3) is 5.91 Å². The Kier molecular flexibility index (Phi) is 4.75. The van der Waals surface area contributed by atoms with Crippen LogP contribution in [0, 0.1) is 0 Å². The Morgan fingerprint density at radius 2 is 2.16 bits per heavy atom. The molecule has 134 valence electrons. The fourth-order valence-electron chi connectivity index (χ4n) is 3.32. The zero-order chi connectivity index (χ0) is 17.1. The van der Waals surface area contributed by atoms with Gasteiger partial charge in [0, 0.05) is 32.8 Å². The standard InChI is InChI=1S/C16H22N6O3/c23-16(14-4-2-10-25-14)21-7-5-20(6-8-21)12-15-17-18-19-22(15)11-13-3-1-9-24-13/h2,4,10,13H,1,3,5-9,11-12H2/t13-/m1/s1. The van der Waals surface area contributed by atoms with E-state index in [4.69, 9.17) is 9.15 Å². The molecule has 0 aromatic carbocycles. The van der Waals surface area contributed by atoms with E-state index in [0.717, 1.165) is 38.4 Å². The highest BCUT2D eigenvalue weighted by Crippen LogP contribution is 2.15. The molecule has 0 aliphatic carbocycles. The summed E-state index contributed by atoms with van der Waals surface area (Å²) in [4.78, 5) is 16.4. The van der Waals surface area contributed by atoms with Crippen LogP contribution < -0.4 is 0 Å². The second kappa shape index (κ2) is 7.32. The third kappa shape index (κ3) is 3.72. The molecule has 0 N–H and O–H groups in total.